The monoisotopic (exact) mass is 324 g/mol. The zero-order valence-electron chi connectivity index (χ0n) is 11.9. The molecule has 3 heteroatoms. The Morgan fingerprint density at radius 3 is 2.53 bits per heavy atom. The van der Waals surface area contributed by atoms with E-state index in [4.69, 9.17) is 0 Å². The lowest BCUT2D eigenvalue weighted by Gasteiger charge is -2.36. The van der Waals surface area contributed by atoms with E-state index in [0.717, 1.165) is 5.33 Å². The molecular formula is C16H25BrN2. The molecule has 0 unspecified atom stereocenters. The number of halogens is 1. The van der Waals surface area contributed by atoms with Crippen molar-refractivity contribution >= 4 is 21.6 Å². The molecule has 19 heavy (non-hydrogen) atoms. The minimum atomic E-state index is 1.15. The summed E-state index contributed by atoms with van der Waals surface area (Å²) >= 11 is 3.49. The van der Waals surface area contributed by atoms with Crippen molar-refractivity contribution in [2.45, 2.75) is 26.2 Å². The third-order valence-corrected chi connectivity index (χ3v) is 4.41. The summed E-state index contributed by atoms with van der Waals surface area (Å²) in [4.78, 5) is 5.13. The summed E-state index contributed by atoms with van der Waals surface area (Å²) in [5, 5.41) is 1.15. The molecule has 0 bridgehead atoms. The highest BCUT2D eigenvalue weighted by Crippen LogP contribution is 2.17. The standard InChI is InChI=1S/C16H25BrN2/c1-15-6-5-7-16(14-15)19-12-10-18(11-13-19)9-4-2-3-8-17/h5-7,14H,2-4,8-13H2,1H3. The molecule has 1 aromatic rings. The fraction of sp³-hybridized carbons (Fsp3) is 0.625. The summed E-state index contributed by atoms with van der Waals surface area (Å²) in [5.41, 5.74) is 2.74. The largest absolute Gasteiger partial charge is 0.369 e. The first-order chi connectivity index (χ1) is 9.29. The maximum absolute atomic E-state index is 3.49. The molecule has 106 valence electrons. The Bertz CT molecular complexity index is 373. The maximum Gasteiger partial charge on any atom is 0.0369 e. The average molecular weight is 325 g/mol. The Kier molecular flexibility index (Phi) is 6.18. The van der Waals surface area contributed by atoms with Crippen molar-refractivity contribution in [3.8, 4) is 0 Å². The second-order valence-electron chi connectivity index (χ2n) is 5.42. The minimum absolute atomic E-state index is 1.15. The van der Waals surface area contributed by atoms with E-state index in [9.17, 15) is 0 Å². The van der Waals surface area contributed by atoms with Crippen LogP contribution in [0.5, 0.6) is 0 Å². The third-order valence-electron chi connectivity index (χ3n) is 3.85. The number of piperazine rings is 1. The van der Waals surface area contributed by atoms with E-state index >= 15 is 0 Å². The molecule has 0 spiro atoms. The molecule has 2 nitrogen and oxygen atoms in total. The third kappa shape index (κ3) is 4.81. The molecule has 0 N–H and O–H groups in total. The van der Waals surface area contributed by atoms with Gasteiger partial charge in [0.1, 0.15) is 0 Å². The van der Waals surface area contributed by atoms with Crippen molar-refractivity contribution in [3.63, 3.8) is 0 Å². The number of anilines is 1. The average Bonchev–Trinajstić information content (AvgIpc) is 2.44. The zero-order valence-corrected chi connectivity index (χ0v) is 13.5. The Hall–Kier alpha value is -0.540. The first-order valence-electron chi connectivity index (χ1n) is 7.39. The number of rotatable bonds is 6. The summed E-state index contributed by atoms with van der Waals surface area (Å²) in [7, 11) is 0. The first kappa shape index (κ1) is 14.9. The lowest BCUT2D eigenvalue weighted by Crippen LogP contribution is -2.46. The van der Waals surface area contributed by atoms with Gasteiger partial charge in [0, 0.05) is 37.2 Å². The Balaban J connectivity index is 1.73. The van der Waals surface area contributed by atoms with E-state index in [1.54, 1.807) is 0 Å². The van der Waals surface area contributed by atoms with Gasteiger partial charge < -0.3 is 4.90 Å². The summed E-state index contributed by atoms with van der Waals surface area (Å²) in [6, 6.07) is 8.87. The summed E-state index contributed by atoms with van der Waals surface area (Å²) in [6.07, 6.45) is 4.00. The smallest absolute Gasteiger partial charge is 0.0369 e. The fourth-order valence-electron chi connectivity index (χ4n) is 2.66. The normalized spacial score (nSPS) is 16.8. The predicted octanol–water partition coefficient (Wildman–Crippen LogP) is 3.68. The summed E-state index contributed by atoms with van der Waals surface area (Å²) < 4.78 is 0. The highest BCUT2D eigenvalue weighted by Gasteiger charge is 2.16. The van der Waals surface area contributed by atoms with Gasteiger partial charge in [0.25, 0.3) is 0 Å². The van der Waals surface area contributed by atoms with Crippen LogP contribution < -0.4 is 4.90 Å². The molecule has 0 aliphatic carbocycles. The Morgan fingerprint density at radius 1 is 1.05 bits per heavy atom. The van der Waals surface area contributed by atoms with E-state index in [2.05, 4.69) is 56.9 Å². The number of unbranched alkanes of at least 4 members (excludes halogenated alkanes) is 2. The summed E-state index contributed by atoms with van der Waals surface area (Å²) in [5.74, 6) is 0. The van der Waals surface area contributed by atoms with Crippen molar-refractivity contribution in [3.05, 3.63) is 29.8 Å². The van der Waals surface area contributed by atoms with E-state index in [-0.39, 0.29) is 0 Å². The van der Waals surface area contributed by atoms with Gasteiger partial charge in [0.15, 0.2) is 0 Å². The zero-order chi connectivity index (χ0) is 13.5. The minimum Gasteiger partial charge on any atom is -0.369 e. The number of benzene rings is 1. The van der Waals surface area contributed by atoms with E-state index in [1.165, 1.54) is 63.2 Å². The van der Waals surface area contributed by atoms with E-state index in [0.29, 0.717) is 0 Å². The molecule has 1 heterocycles. The van der Waals surface area contributed by atoms with Crippen LogP contribution in [0.3, 0.4) is 0 Å². The van der Waals surface area contributed by atoms with Crippen LogP contribution in [0.2, 0.25) is 0 Å². The molecule has 0 aromatic heterocycles. The Morgan fingerprint density at radius 2 is 1.84 bits per heavy atom. The molecule has 2 rings (SSSR count). The van der Waals surface area contributed by atoms with Crippen molar-refractivity contribution in [2.24, 2.45) is 0 Å². The van der Waals surface area contributed by atoms with Gasteiger partial charge in [-0.25, -0.2) is 0 Å². The van der Waals surface area contributed by atoms with Gasteiger partial charge >= 0.3 is 0 Å². The number of hydrogen-bond acceptors (Lipinski definition) is 2. The number of aryl methyl sites for hydroxylation is 1. The molecule has 0 saturated carbocycles. The number of hydrogen-bond donors (Lipinski definition) is 0. The predicted molar refractivity (Wildman–Crippen MR) is 87.5 cm³/mol. The van der Waals surface area contributed by atoms with Crippen LogP contribution in [0.25, 0.3) is 0 Å². The quantitative estimate of drug-likeness (QED) is 0.581. The lowest BCUT2D eigenvalue weighted by atomic mass is 10.2. The topological polar surface area (TPSA) is 6.48 Å². The summed E-state index contributed by atoms with van der Waals surface area (Å²) in [6.45, 7) is 8.20. The van der Waals surface area contributed by atoms with Gasteiger partial charge in [-0.1, -0.05) is 34.5 Å². The SMILES string of the molecule is Cc1cccc(N2CCN(CCCCCBr)CC2)c1. The molecule has 1 saturated heterocycles. The van der Waals surface area contributed by atoms with E-state index in [1.807, 2.05) is 0 Å². The number of nitrogens with zero attached hydrogens (tertiary/aromatic N) is 2. The molecule has 1 fully saturated rings. The van der Waals surface area contributed by atoms with Gasteiger partial charge in [-0.05, 0) is 44.0 Å². The molecule has 1 aliphatic rings. The van der Waals surface area contributed by atoms with Gasteiger partial charge in [-0.2, -0.15) is 0 Å². The molecule has 1 aromatic carbocycles. The van der Waals surface area contributed by atoms with Gasteiger partial charge in [-0.15, -0.1) is 0 Å². The van der Waals surface area contributed by atoms with Crippen LogP contribution in [0.1, 0.15) is 24.8 Å². The van der Waals surface area contributed by atoms with Gasteiger partial charge in [0.2, 0.25) is 0 Å². The highest BCUT2D eigenvalue weighted by molar-refractivity contribution is 9.09. The fourth-order valence-corrected chi connectivity index (χ4v) is 3.06. The molecule has 0 radical (unpaired) electrons. The second-order valence-corrected chi connectivity index (χ2v) is 6.21. The Labute approximate surface area is 125 Å². The second kappa shape index (κ2) is 7.91. The van der Waals surface area contributed by atoms with Crippen molar-refractivity contribution in [1.82, 2.24) is 4.90 Å². The van der Waals surface area contributed by atoms with Gasteiger partial charge in [-0.3, -0.25) is 4.90 Å². The molecule has 0 amide bonds. The molecule has 1 aliphatic heterocycles. The van der Waals surface area contributed by atoms with Crippen LogP contribution >= 0.6 is 15.9 Å². The highest BCUT2D eigenvalue weighted by atomic mass is 79.9. The van der Waals surface area contributed by atoms with Gasteiger partial charge in [0.05, 0.1) is 0 Å². The van der Waals surface area contributed by atoms with Crippen LogP contribution in [0.15, 0.2) is 24.3 Å². The van der Waals surface area contributed by atoms with Crippen molar-refractivity contribution in [2.75, 3.05) is 43.0 Å². The van der Waals surface area contributed by atoms with Crippen LogP contribution in [0.4, 0.5) is 5.69 Å². The maximum atomic E-state index is 3.49. The van der Waals surface area contributed by atoms with Crippen LogP contribution in [-0.4, -0.2) is 43.0 Å². The molecular weight excluding hydrogens is 300 g/mol. The van der Waals surface area contributed by atoms with Crippen molar-refractivity contribution in [1.29, 1.82) is 0 Å². The van der Waals surface area contributed by atoms with Crippen LogP contribution in [0, 0.1) is 6.92 Å². The number of alkyl halides is 1. The van der Waals surface area contributed by atoms with E-state index < -0.39 is 0 Å². The lowest BCUT2D eigenvalue weighted by molar-refractivity contribution is 0.253. The molecule has 0 atom stereocenters. The first-order valence-corrected chi connectivity index (χ1v) is 8.51. The van der Waals surface area contributed by atoms with Crippen molar-refractivity contribution < 1.29 is 0 Å². The van der Waals surface area contributed by atoms with Crippen LogP contribution in [-0.2, 0) is 0 Å².